The SMILES string of the molecule is O=C(COCC1O[C@@H](O)C(O)[C@@H](O)[C@@H]1O)NCCCOCCCNC(=O)COC1C#CCCCCC1. The molecule has 12 nitrogen and oxygen atoms in total. The molecule has 0 spiro atoms. The summed E-state index contributed by atoms with van der Waals surface area (Å²) in [5.41, 5.74) is 0. The minimum atomic E-state index is -1.65. The first-order chi connectivity index (χ1) is 17.4. The van der Waals surface area contributed by atoms with Crippen molar-refractivity contribution < 1.29 is 49.0 Å². The van der Waals surface area contributed by atoms with Gasteiger partial charge in [-0.15, -0.1) is 5.92 Å². The molecule has 0 aromatic heterocycles. The van der Waals surface area contributed by atoms with E-state index in [2.05, 4.69) is 22.5 Å². The number of carbonyl (C=O) groups excluding carboxylic acids is 2. The van der Waals surface area contributed by atoms with E-state index in [4.69, 9.17) is 18.9 Å². The van der Waals surface area contributed by atoms with E-state index >= 15 is 0 Å². The van der Waals surface area contributed by atoms with Crippen molar-refractivity contribution in [2.24, 2.45) is 0 Å². The standard InChI is InChI=1S/C24H40N2O10/c27-19(15-34-14-18-21(29)22(30)23(31)24(32)36-18)25-10-6-12-33-13-7-11-26-20(28)16-35-17-8-4-2-1-3-5-9-17/h17-18,21-24,29-32H,1-4,6-8,10-16H2,(H,25,27)(H,26,28)/t17?,18?,21-,22+,23?,24-/m1/s1. The summed E-state index contributed by atoms with van der Waals surface area (Å²) in [6, 6.07) is 0. The molecular formula is C24H40N2O10. The minimum absolute atomic E-state index is 0.00487. The molecule has 206 valence electrons. The number of hydrogen-bond donors (Lipinski definition) is 6. The number of rotatable bonds is 15. The Morgan fingerprint density at radius 3 is 2.28 bits per heavy atom. The summed E-state index contributed by atoms with van der Waals surface area (Å²) in [5, 5.41) is 43.8. The van der Waals surface area contributed by atoms with Crippen LogP contribution >= 0.6 is 0 Å². The Balaban J connectivity index is 1.39. The van der Waals surface area contributed by atoms with E-state index < -0.39 is 30.7 Å². The monoisotopic (exact) mass is 516 g/mol. The second-order valence-corrected chi connectivity index (χ2v) is 8.79. The van der Waals surface area contributed by atoms with E-state index in [0.717, 1.165) is 32.1 Å². The average Bonchev–Trinajstić information content (AvgIpc) is 2.84. The lowest BCUT2D eigenvalue weighted by Gasteiger charge is -2.38. The van der Waals surface area contributed by atoms with Crippen LogP contribution in [0.5, 0.6) is 0 Å². The summed E-state index contributed by atoms with van der Waals surface area (Å²) in [6.45, 7) is 1.26. The maximum absolute atomic E-state index is 11.9. The van der Waals surface area contributed by atoms with E-state index in [-0.39, 0.29) is 37.7 Å². The minimum Gasteiger partial charge on any atom is -0.387 e. The molecule has 12 heteroatoms. The summed E-state index contributed by atoms with van der Waals surface area (Å²) in [6.07, 6.45) is -1.17. The van der Waals surface area contributed by atoms with E-state index in [1.54, 1.807) is 0 Å². The molecule has 3 unspecified atom stereocenters. The van der Waals surface area contributed by atoms with Crippen LogP contribution in [-0.2, 0) is 28.5 Å². The lowest BCUT2D eigenvalue weighted by atomic mass is 9.99. The summed E-state index contributed by atoms with van der Waals surface area (Å²) in [5.74, 6) is 5.61. The number of aliphatic hydroxyl groups excluding tert-OH is 4. The van der Waals surface area contributed by atoms with Gasteiger partial charge in [-0.1, -0.05) is 12.3 Å². The lowest BCUT2D eigenvalue weighted by molar-refractivity contribution is -0.288. The predicted octanol–water partition coefficient (Wildman–Crippen LogP) is -1.82. The van der Waals surface area contributed by atoms with Crippen LogP contribution < -0.4 is 10.6 Å². The van der Waals surface area contributed by atoms with Crippen molar-refractivity contribution in [2.45, 2.75) is 81.8 Å². The third-order valence-electron chi connectivity index (χ3n) is 5.72. The third-order valence-corrected chi connectivity index (χ3v) is 5.72. The van der Waals surface area contributed by atoms with Crippen LogP contribution in [0.15, 0.2) is 0 Å². The lowest BCUT2D eigenvalue weighted by Crippen LogP contribution is -2.58. The summed E-state index contributed by atoms with van der Waals surface area (Å²) in [7, 11) is 0. The van der Waals surface area contributed by atoms with Gasteiger partial charge in [0, 0.05) is 32.7 Å². The highest BCUT2D eigenvalue weighted by atomic mass is 16.6. The molecule has 2 amide bonds. The van der Waals surface area contributed by atoms with Crippen molar-refractivity contribution in [3.05, 3.63) is 0 Å². The van der Waals surface area contributed by atoms with Crippen LogP contribution in [0.2, 0.25) is 0 Å². The van der Waals surface area contributed by atoms with Crippen LogP contribution in [0.3, 0.4) is 0 Å². The van der Waals surface area contributed by atoms with Gasteiger partial charge in [-0.2, -0.15) is 0 Å². The molecule has 0 aromatic carbocycles. The Labute approximate surface area is 211 Å². The van der Waals surface area contributed by atoms with E-state index in [1.165, 1.54) is 0 Å². The molecule has 2 aliphatic rings. The Morgan fingerprint density at radius 1 is 0.861 bits per heavy atom. The van der Waals surface area contributed by atoms with E-state index in [1.807, 2.05) is 0 Å². The van der Waals surface area contributed by atoms with Gasteiger partial charge in [0.2, 0.25) is 11.8 Å². The molecule has 1 aliphatic heterocycles. The van der Waals surface area contributed by atoms with Crippen molar-refractivity contribution in [2.75, 3.05) is 46.1 Å². The number of aliphatic hydroxyl groups is 4. The normalized spacial score (nSPS) is 28.3. The molecule has 1 saturated heterocycles. The topological polar surface area (TPSA) is 176 Å². The molecule has 36 heavy (non-hydrogen) atoms. The quantitative estimate of drug-likeness (QED) is 0.107. The summed E-state index contributed by atoms with van der Waals surface area (Å²) >= 11 is 0. The second kappa shape index (κ2) is 17.6. The largest absolute Gasteiger partial charge is 0.387 e. The van der Waals surface area contributed by atoms with Crippen molar-refractivity contribution in [1.29, 1.82) is 0 Å². The molecule has 0 bridgehead atoms. The van der Waals surface area contributed by atoms with Crippen molar-refractivity contribution >= 4 is 11.8 Å². The summed E-state index contributed by atoms with van der Waals surface area (Å²) < 4.78 is 21.2. The zero-order valence-electron chi connectivity index (χ0n) is 20.6. The van der Waals surface area contributed by atoms with Gasteiger partial charge in [-0.25, -0.2) is 0 Å². The summed E-state index contributed by atoms with van der Waals surface area (Å²) in [4.78, 5) is 23.7. The van der Waals surface area contributed by atoms with Crippen LogP contribution in [0, 0.1) is 11.8 Å². The number of amides is 2. The first kappa shape index (κ1) is 30.4. The van der Waals surface area contributed by atoms with Gasteiger partial charge in [0.15, 0.2) is 6.29 Å². The van der Waals surface area contributed by atoms with Gasteiger partial charge in [-0.05, 0) is 32.1 Å². The van der Waals surface area contributed by atoms with Crippen LogP contribution in [0.4, 0.5) is 0 Å². The van der Waals surface area contributed by atoms with Crippen LogP contribution in [0.25, 0.3) is 0 Å². The molecule has 0 saturated carbocycles. The fourth-order valence-corrected chi connectivity index (χ4v) is 3.62. The zero-order chi connectivity index (χ0) is 26.2. The highest BCUT2D eigenvalue weighted by Gasteiger charge is 2.43. The molecule has 2 rings (SSSR count). The van der Waals surface area contributed by atoms with Gasteiger partial charge in [0.1, 0.15) is 43.7 Å². The van der Waals surface area contributed by atoms with Gasteiger partial charge in [0.25, 0.3) is 0 Å². The third kappa shape index (κ3) is 11.9. The maximum Gasteiger partial charge on any atom is 0.246 e. The number of ether oxygens (including phenoxy) is 4. The van der Waals surface area contributed by atoms with Crippen molar-refractivity contribution in [3.63, 3.8) is 0 Å². The Hall–Kier alpha value is -1.82. The van der Waals surface area contributed by atoms with Crippen molar-refractivity contribution in [1.82, 2.24) is 10.6 Å². The zero-order valence-corrected chi connectivity index (χ0v) is 20.6. The highest BCUT2D eigenvalue weighted by Crippen LogP contribution is 2.20. The Bertz CT molecular complexity index is 713. The molecule has 0 aromatic rings. The van der Waals surface area contributed by atoms with Gasteiger partial charge in [0.05, 0.1) is 6.61 Å². The number of nitrogens with one attached hydrogen (secondary N) is 2. The molecular weight excluding hydrogens is 476 g/mol. The molecule has 1 fully saturated rings. The van der Waals surface area contributed by atoms with Crippen LogP contribution in [0.1, 0.15) is 44.9 Å². The number of hydrogen-bond acceptors (Lipinski definition) is 10. The van der Waals surface area contributed by atoms with Gasteiger partial charge >= 0.3 is 0 Å². The van der Waals surface area contributed by atoms with E-state index in [0.29, 0.717) is 39.1 Å². The number of carbonyl (C=O) groups is 2. The van der Waals surface area contributed by atoms with E-state index in [9.17, 15) is 30.0 Å². The van der Waals surface area contributed by atoms with Crippen LogP contribution in [-0.4, -0.2) is 115 Å². The first-order valence-corrected chi connectivity index (χ1v) is 12.5. The fraction of sp³-hybridized carbons (Fsp3) is 0.833. The van der Waals surface area contributed by atoms with Gasteiger partial charge in [-0.3, -0.25) is 9.59 Å². The fourth-order valence-electron chi connectivity index (χ4n) is 3.62. The molecule has 6 atom stereocenters. The predicted molar refractivity (Wildman–Crippen MR) is 126 cm³/mol. The van der Waals surface area contributed by atoms with Gasteiger partial charge < -0.3 is 50.0 Å². The maximum atomic E-state index is 11.9. The molecule has 6 N–H and O–H groups in total. The first-order valence-electron chi connectivity index (χ1n) is 12.5. The smallest absolute Gasteiger partial charge is 0.246 e. The highest BCUT2D eigenvalue weighted by molar-refractivity contribution is 5.77. The average molecular weight is 517 g/mol. The van der Waals surface area contributed by atoms with Crippen molar-refractivity contribution in [3.8, 4) is 11.8 Å². The molecule has 1 aliphatic carbocycles. The Morgan fingerprint density at radius 2 is 1.56 bits per heavy atom. The Kier molecular flexibility index (Phi) is 14.9. The molecule has 1 heterocycles. The second-order valence-electron chi connectivity index (χ2n) is 8.79. The molecule has 0 radical (unpaired) electrons.